The lowest BCUT2D eigenvalue weighted by Crippen LogP contribution is -2.52. The smallest absolute Gasteiger partial charge is 0.309 e. The molecule has 2 aliphatic carbocycles. The summed E-state index contributed by atoms with van der Waals surface area (Å²) < 4.78 is 0. The summed E-state index contributed by atoms with van der Waals surface area (Å²) in [5.41, 5.74) is 6.06. The topological polar surface area (TPSA) is 58.9 Å². The van der Waals surface area contributed by atoms with Gasteiger partial charge in [-0.2, -0.15) is 0 Å². The first kappa shape index (κ1) is 22.6. The molecule has 4 rings (SSSR count). The molecular weight excluding hydrogens is 398 g/mol. The van der Waals surface area contributed by atoms with Crippen LogP contribution in [0, 0.1) is 11.3 Å². The SMILES string of the molecule is CO/N=C(\c1ccccc1)c1cc2c(cc1C(C)C)CCC1[C@](C)(C(=O)O)CCC[C@]21C. The molecule has 1 unspecified atom stereocenters. The Morgan fingerprint density at radius 2 is 1.88 bits per heavy atom. The highest BCUT2D eigenvalue weighted by Crippen LogP contribution is 2.57. The first-order valence-corrected chi connectivity index (χ1v) is 11.8. The molecule has 1 N–H and O–H groups in total. The zero-order chi connectivity index (χ0) is 23.1. The van der Waals surface area contributed by atoms with Crippen LogP contribution in [0.4, 0.5) is 0 Å². The quantitative estimate of drug-likeness (QED) is 0.444. The lowest BCUT2D eigenvalue weighted by Gasteiger charge is -2.53. The van der Waals surface area contributed by atoms with Crippen molar-refractivity contribution in [1.29, 1.82) is 0 Å². The van der Waals surface area contributed by atoms with Gasteiger partial charge in [-0.3, -0.25) is 4.79 Å². The summed E-state index contributed by atoms with van der Waals surface area (Å²) in [4.78, 5) is 17.6. The molecule has 0 radical (unpaired) electrons. The van der Waals surface area contributed by atoms with Gasteiger partial charge in [-0.25, -0.2) is 0 Å². The van der Waals surface area contributed by atoms with Crippen molar-refractivity contribution in [2.24, 2.45) is 16.5 Å². The van der Waals surface area contributed by atoms with E-state index >= 15 is 0 Å². The van der Waals surface area contributed by atoms with E-state index in [0.717, 1.165) is 48.9 Å². The van der Waals surface area contributed by atoms with Gasteiger partial charge in [-0.1, -0.05) is 68.7 Å². The molecule has 4 heteroatoms. The van der Waals surface area contributed by atoms with Gasteiger partial charge in [-0.15, -0.1) is 0 Å². The van der Waals surface area contributed by atoms with Crippen molar-refractivity contribution < 1.29 is 14.7 Å². The molecule has 1 fully saturated rings. The summed E-state index contributed by atoms with van der Waals surface area (Å²) in [6.07, 6.45) is 4.58. The van der Waals surface area contributed by atoms with Crippen LogP contribution in [0.5, 0.6) is 0 Å². The van der Waals surface area contributed by atoms with E-state index in [1.54, 1.807) is 7.11 Å². The number of rotatable bonds is 5. The van der Waals surface area contributed by atoms with Crippen LogP contribution in [0.15, 0.2) is 47.6 Å². The molecule has 0 spiro atoms. The number of benzene rings is 2. The number of aryl methyl sites for hydroxylation is 1. The van der Waals surface area contributed by atoms with Gasteiger partial charge in [0.2, 0.25) is 0 Å². The van der Waals surface area contributed by atoms with Crippen LogP contribution in [-0.2, 0) is 21.5 Å². The molecule has 0 amide bonds. The number of fused-ring (bicyclic) bond motifs is 3. The minimum Gasteiger partial charge on any atom is -0.481 e. The molecule has 0 bridgehead atoms. The average molecular weight is 434 g/mol. The lowest BCUT2D eigenvalue weighted by molar-refractivity contribution is -0.157. The zero-order valence-electron chi connectivity index (χ0n) is 19.9. The first-order chi connectivity index (χ1) is 15.2. The predicted molar refractivity (Wildman–Crippen MR) is 128 cm³/mol. The Kier molecular flexibility index (Phi) is 5.91. The van der Waals surface area contributed by atoms with Crippen LogP contribution >= 0.6 is 0 Å². The molecule has 1 saturated carbocycles. The molecule has 3 atom stereocenters. The second-order valence-corrected chi connectivity index (χ2v) is 10.3. The Morgan fingerprint density at radius 1 is 1.16 bits per heavy atom. The molecule has 170 valence electrons. The molecule has 2 aromatic rings. The normalized spacial score (nSPS) is 27.6. The van der Waals surface area contributed by atoms with Crippen LogP contribution in [-0.4, -0.2) is 23.9 Å². The van der Waals surface area contributed by atoms with Crippen molar-refractivity contribution in [3.63, 3.8) is 0 Å². The molecule has 0 heterocycles. The number of hydrogen-bond donors (Lipinski definition) is 1. The highest BCUT2D eigenvalue weighted by Gasteiger charge is 2.55. The number of oxime groups is 1. The van der Waals surface area contributed by atoms with Gasteiger partial charge in [0.25, 0.3) is 0 Å². The van der Waals surface area contributed by atoms with Crippen molar-refractivity contribution in [3.05, 3.63) is 70.3 Å². The molecule has 4 nitrogen and oxygen atoms in total. The van der Waals surface area contributed by atoms with Gasteiger partial charge in [0.15, 0.2) is 0 Å². The van der Waals surface area contributed by atoms with Crippen molar-refractivity contribution in [2.75, 3.05) is 7.11 Å². The first-order valence-electron chi connectivity index (χ1n) is 11.8. The van der Waals surface area contributed by atoms with Crippen molar-refractivity contribution in [2.45, 2.75) is 71.1 Å². The fourth-order valence-corrected chi connectivity index (χ4v) is 6.42. The van der Waals surface area contributed by atoms with E-state index in [1.165, 1.54) is 16.7 Å². The maximum absolute atomic E-state index is 12.3. The van der Waals surface area contributed by atoms with Crippen LogP contribution in [0.2, 0.25) is 0 Å². The number of hydrogen-bond acceptors (Lipinski definition) is 3. The summed E-state index contributed by atoms with van der Waals surface area (Å²) in [6.45, 7) is 8.70. The largest absolute Gasteiger partial charge is 0.481 e. The molecule has 0 saturated heterocycles. The van der Waals surface area contributed by atoms with Gasteiger partial charge >= 0.3 is 5.97 Å². The average Bonchev–Trinajstić information content (AvgIpc) is 2.77. The molecule has 2 aromatic carbocycles. The molecule has 2 aliphatic rings. The highest BCUT2D eigenvalue weighted by atomic mass is 16.6. The highest BCUT2D eigenvalue weighted by molar-refractivity contribution is 6.13. The van der Waals surface area contributed by atoms with Gasteiger partial charge in [0, 0.05) is 11.1 Å². The third-order valence-corrected chi connectivity index (χ3v) is 8.12. The van der Waals surface area contributed by atoms with Gasteiger partial charge in [0.1, 0.15) is 12.8 Å². The standard InChI is InChI=1S/C28H35NO3/c1-18(2)21-16-20-12-13-24-27(3,14-9-15-28(24,4)26(30)31)23(20)17-22(21)25(29-32-5)19-10-7-6-8-11-19/h6-8,10-11,16-18,24H,9,12-15H2,1-5H3,(H,30,31)/b29-25+/t24?,27-,28-/m1/s1. The minimum atomic E-state index is -0.676. The fourth-order valence-electron chi connectivity index (χ4n) is 6.42. The molecular formula is C28H35NO3. The van der Waals surface area contributed by atoms with E-state index in [4.69, 9.17) is 4.84 Å². The Morgan fingerprint density at radius 3 is 2.50 bits per heavy atom. The van der Waals surface area contributed by atoms with E-state index in [-0.39, 0.29) is 11.3 Å². The Bertz CT molecular complexity index is 1040. The van der Waals surface area contributed by atoms with Crippen LogP contribution in [0.1, 0.15) is 87.1 Å². The predicted octanol–water partition coefficient (Wildman–Crippen LogP) is 6.30. The van der Waals surface area contributed by atoms with Gasteiger partial charge in [-0.05, 0) is 72.6 Å². The second kappa shape index (κ2) is 8.38. The van der Waals surface area contributed by atoms with Crippen molar-refractivity contribution >= 4 is 11.7 Å². The third kappa shape index (κ3) is 3.54. The van der Waals surface area contributed by atoms with E-state index in [1.807, 2.05) is 25.1 Å². The molecule has 0 aliphatic heterocycles. The van der Waals surface area contributed by atoms with E-state index in [2.05, 4.69) is 50.2 Å². The van der Waals surface area contributed by atoms with Gasteiger partial charge in [0.05, 0.1) is 5.41 Å². The number of aliphatic carboxylic acids is 1. The number of carboxylic acid groups (broad SMARTS) is 1. The second-order valence-electron chi connectivity index (χ2n) is 10.3. The van der Waals surface area contributed by atoms with E-state index < -0.39 is 11.4 Å². The molecule has 32 heavy (non-hydrogen) atoms. The van der Waals surface area contributed by atoms with Crippen molar-refractivity contribution in [3.8, 4) is 0 Å². The Labute approximate surface area is 191 Å². The summed E-state index contributed by atoms with van der Waals surface area (Å²) in [6, 6.07) is 14.8. The van der Waals surface area contributed by atoms with Gasteiger partial charge < -0.3 is 9.94 Å². The minimum absolute atomic E-state index is 0.131. The Balaban J connectivity index is 1.93. The van der Waals surface area contributed by atoms with E-state index in [9.17, 15) is 9.90 Å². The summed E-state index contributed by atoms with van der Waals surface area (Å²) in [5.74, 6) is -0.185. The fraction of sp³-hybridized carbons (Fsp3) is 0.500. The number of carbonyl (C=O) groups is 1. The van der Waals surface area contributed by atoms with Crippen molar-refractivity contribution in [1.82, 2.24) is 0 Å². The zero-order valence-corrected chi connectivity index (χ0v) is 19.9. The summed E-state index contributed by atoms with van der Waals surface area (Å²) in [5, 5.41) is 14.6. The summed E-state index contributed by atoms with van der Waals surface area (Å²) in [7, 11) is 1.59. The summed E-state index contributed by atoms with van der Waals surface area (Å²) >= 11 is 0. The monoisotopic (exact) mass is 433 g/mol. The Hall–Kier alpha value is -2.62. The lowest BCUT2D eigenvalue weighted by atomic mass is 9.49. The maximum Gasteiger partial charge on any atom is 0.309 e. The van der Waals surface area contributed by atoms with Crippen LogP contribution in [0.3, 0.4) is 0 Å². The van der Waals surface area contributed by atoms with Crippen LogP contribution in [0.25, 0.3) is 0 Å². The maximum atomic E-state index is 12.3. The van der Waals surface area contributed by atoms with E-state index in [0.29, 0.717) is 5.92 Å². The van der Waals surface area contributed by atoms with Crippen LogP contribution < -0.4 is 0 Å². The third-order valence-electron chi connectivity index (χ3n) is 8.12. The molecule has 0 aromatic heterocycles. The number of carboxylic acids is 1. The number of nitrogens with zero attached hydrogens (tertiary/aromatic N) is 1.